The first-order valence-electron chi connectivity index (χ1n) is 7.62. The summed E-state index contributed by atoms with van der Waals surface area (Å²) in [6, 6.07) is 4.38. The molecule has 22 heavy (non-hydrogen) atoms. The third-order valence-electron chi connectivity index (χ3n) is 3.74. The van der Waals surface area contributed by atoms with Gasteiger partial charge in [-0.3, -0.25) is 0 Å². The van der Waals surface area contributed by atoms with Gasteiger partial charge < -0.3 is 15.2 Å². The molecular weight excluding hydrogens is 300 g/mol. The minimum atomic E-state index is -0.487. The van der Waals surface area contributed by atoms with Crippen molar-refractivity contribution in [3.63, 3.8) is 0 Å². The van der Waals surface area contributed by atoms with E-state index in [9.17, 15) is 5.11 Å². The summed E-state index contributed by atoms with van der Waals surface area (Å²) in [4.78, 5) is 5.58. The van der Waals surface area contributed by atoms with E-state index in [-0.39, 0.29) is 0 Å². The normalized spacial score (nSPS) is 19.1. The fourth-order valence-corrected chi connectivity index (χ4v) is 3.29. The zero-order chi connectivity index (χ0) is 15.4. The van der Waals surface area contributed by atoms with Crippen molar-refractivity contribution in [2.75, 3.05) is 13.2 Å². The molecule has 0 amide bonds. The van der Waals surface area contributed by atoms with Gasteiger partial charge in [0.1, 0.15) is 11.6 Å². The van der Waals surface area contributed by atoms with Crippen molar-refractivity contribution < 1.29 is 9.84 Å². The summed E-state index contributed by atoms with van der Waals surface area (Å²) in [5.41, 5.74) is 0. The maximum Gasteiger partial charge on any atom is 0.147 e. The summed E-state index contributed by atoms with van der Waals surface area (Å²) in [5, 5.41) is 19.8. The number of aryl methyl sites for hydroxylation is 2. The SMILES string of the molecule is Cc1nc2n(n1)C[C@H](NC[C@@H](O)COCc1cccs1)CC2. The van der Waals surface area contributed by atoms with Gasteiger partial charge in [0, 0.05) is 23.9 Å². The molecule has 3 rings (SSSR count). The van der Waals surface area contributed by atoms with E-state index in [2.05, 4.69) is 15.4 Å². The smallest absolute Gasteiger partial charge is 0.147 e. The Morgan fingerprint density at radius 3 is 3.32 bits per heavy atom. The van der Waals surface area contributed by atoms with Gasteiger partial charge in [-0.25, -0.2) is 9.67 Å². The predicted octanol–water partition coefficient (Wildman–Crippen LogP) is 1.13. The van der Waals surface area contributed by atoms with Crippen molar-refractivity contribution in [3.8, 4) is 0 Å². The van der Waals surface area contributed by atoms with Gasteiger partial charge in [0.15, 0.2) is 0 Å². The number of hydrogen-bond donors (Lipinski definition) is 2. The average molecular weight is 322 g/mol. The van der Waals surface area contributed by atoms with E-state index in [1.165, 1.54) is 4.88 Å². The van der Waals surface area contributed by atoms with Crippen LogP contribution in [-0.2, 0) is 24.3 Å². The highest BCUT2D eigenvalue weighted by atomic mass is 32.1. The average Bonchev–Trinajstić information content (AvgIpc) is 3.12. The molecule has 6 nitrogen and oxygen atoms in total. The third-order valence-corrected chi connectivity index (χ3v) is 4.59. The lowest BCUT2D eigenvalue weighted by molar-refractivity contribution is 0.0279. The van der Waals surface area contributed by atoms with Crippen molar-refractivity contribution >= 4 is 11.3 Å². The molecule has 120 valence electrons. The molecule has 0 unspecified atom stereocenters. The Morgan fingerprint density at radius 2 is 2.50 bits per heavy atom. The van der Waals surface area contributed by atoms with Gasteiger partial charge in [-0.15, -0.1) is 11.3 Å². The molecule has 2 aromatic rings. The van der Waals surface area contributed by atoms with Crippen LogP contribution >= 0.6 is 11.3 Å². The lowest BCUT2D eigenvalue weighted by Crippen LogP contribution is -2.42. The first-order chi connectivity index (χ1) is 10.7. The Labute approximate surface area is 134 Å². The summed E-state index contributed by atoms with van der Waals surface area (Å²) in [6.45, 7) is 4.20. The van der Waals surface area contributed by atoms with Crippen LogP contribution < -0.4 is 5.32 Å². The van der Waals surface area contributed by atoms with E-state index in [1.54, 1.807) is 11.3 Å². The van der Waals surface area contributed by atoms with Crippen molar-refractivity contribution in [1.29, 1.82) is 0 Å². The van der Waals surface area contributed by atoms with E-state index in [4.69, 9.17) is 4.74 Å². The quantitative estimate of drug-likeness (QED) is 0.799. The van der Waals surface area contributed by atoms with E-state index >= 15 is 0 Å². The van der Waals surface area contributed by atoms with Gasteiger partial charge in [0.2, 0.25) is 0 Å². The Kier molecular flexibility index (Phi) is 5.20. The Morgan fingerprint density at radius 1 is 1.59 bits per heavy atom. The Bertz CT molecular complexity index is 584. The topological polar surface area (TPSA) is 72.2 Å². The molecule has 1 aliphatic rings. The molecule has 0 spiro atoms. The first kappa shape index (κ1) is 15.6. The second-order valence-electron chi connectivity index (χ2n) is 5.65. The lowest BCUT2D eigenvalue weighted by Gasteiger charge is -2.24. The monoisotopic (exact) mass is 322 g/mol. The minimum absolute atomic E-state index is 0.334. The van der Waals surface area contributed by atoms with Crippen molar-refractivity contribution in [2.24, 2.45) is 0 Å². The highest BCUT2D eigenvalue weighted by Gasteiger charge is 2.21. The van der Waals surface area contributed by atoms with Gasteiger partial charge in [-0.05, 0) is 24.8 Å². The van der Waals surface area contributed by atoms with Gasteiger partial charge in [0.25, 0.3) is 0 Å². The maximum atomic E-state index is 9.99. The van der Waals surface area contributed by atoms with Gasteiger partial charge in [-0.1, -0.05) is 6.07 Å². The molecule has 0 saturated heterocycles. The van der Waals surface area contributed by atoms with Crippen LogP contribution in [0, 0.1) is 6.92 Å². The van der Waals surface area contributed by atoms with Crippen LogP contribution in [0.4, 0.5) is 0 Å². The van der Waals surface area contributed by atoms with Crippen molar-refractivity contribution in [2.45, 2.75) is 45.1 Å². The first-order valence-corrected chi connectivity index (χ1v) is 8.50. The number of ether oxygens (including phenoxy) is 1. The van der Waals surface area contributed by atoms with Crippen LogP contribution in [0.3, 0.4) is 0 Å². The molecular formula is C15H22N4O2S. The molecule has 2 atom stereocenters. The summed E-state index contributed by atoms with van der Waals surface area (Å²) in [6.07, 6.45) is 1.48. The highest BCUT2D eigenvalue weighted by molar-refractivity contribution is 7.09. The number of aliphatic hydroxyl groups excluding tert-OH is 1. The number of fused-ring (bicyclic) bond motifs is 1. The van der Waals surface area contributed by atoms with Crippen molar-refractivity contribution in [1.82, 2.24) is 20.1 Å². The number of nitrogens with zero attached hydrogens (tertiary/aromatic N) is 3. The zero-order valence-corrected chi connectivity index (χ0v) is 13.6. The molecule has 0 bridgehead atoms. The minimum Gasteiger partial charge on any atom is -0.389 e. The van der Waals surface area contributed by atoms with Crippen molar-refractivity contribution in [3.05, 3.63) is 34.0 Å². The standard InChI is InChI=1S/C15H22N4O2S/c1-11-17-15-5-4-12(8-19(15)18-11)16-7-13(20)9-21-10-14-3-2-6-22-14/h2-3,6,12-13,16,20H,4-5,7-10H2,1H3/t12-,13-/m1/s1. The van der Waals surface area contributed by atoms with E-state index in [0.717, 1.165) is 31.0 Å². The molecule has 0 saturated carbocycles. The van der Waals surface area contributed by atoms with Gasteiger partial charge in [0.05, 0.1) is 25.9 Å². The molecule has 7 heteroatoms. The Balaban J connectivity index is 1.35. The van der Waals surface area contributed by atoms with Crippen LogP contribution in [0.15, 0.2) is 17.5 Å². The summed E-state index contributed by atoms with van der Waals surface area (Å²) in [5.74, 6) is 1.90. The molecule has 1 aliphatic heterocycles. The van der Waals surface area contributed by atoms with E-state index in [0.29, 0.717) is 25.8 Å². The molecule has 0 aromatic carbocycles. The fraction of sp³-hybridized carbons (Fsp3) is 0.600. The number of rotatable bonds is 7. The largest absolute Gasteiger partial charge is 0.389 e. The highest BCUT2D eigenvalue weighted by Crippen LogP contribution is 2.13. The molecule has 0 radical (unpaired) electrons. The maximum absolute atomic E-state index is 9.99. The van der Waals surface area contributed by atoms with Gasteiger partial charge in [-0.2, -0.15) is 5.10 Å². The summed E-state index contributed by atoms with van der Waals surface area (Å²) >= 11 is 1.67. The molecule has 0 aliphatic carbocycles. The molecule has 0 fully saturated rings. The Hall–Kier alpha value is -1.28. The molecule has 2 aromatic heterocycles. The number of thiophene rings is 1. The summed E-state index contributed by atoms with van der Waals surface area (Å²) in [7, 11) is 0. The second-order valence-corrected chi connectivity index (χ2v) is 6.68. The predicted molar refractivity (Wildman–Crippen MR) is 84.9 cm³/mol. The second kappa shape index (κ2) is 7.32. The van der Waals surface area contributed by atoms with Crippen LogP contribution in [0.5, 0.6) is 0 Å². The fourth-order valence-electron chi connectivity index (χ4n) is 2.65. The number of nitrogens with one attached hydrogen (secondary N) is 1. The zero-order valence-electron chi connectivity index (χ0n) is 12.7. The van der Waals surface area contributed by atoms with E-state index < -0.39 is 6.10 Å². The van der Waals surface area contributed by atoms with E-state index in [1.807, 2.05) is 29.1 Å². The molecule has 3 heterocycles. The van der Waals surface area contributed by atoms with Crippen LogP contribution in [0.25, 0.3) is 0 Å². The lowest BCUT2D eigenvalue weighted by atomic mass is 10.1. The number of aliphatic hydroxyl groups is 1. The van der Waals surface area contributed by atoms with Crippen LogP contribution in [-0.4, -0.2) is 45.2 Å². The molecule has 2 N–H and O–H groups in total. The van der Waals surface area contributed by atoms with Gasteiger partial charge >= 0.3 is 0 Å². The third kappa shape index (κ3) is 4.13. The number of hydrogen-bond acceptors (Lipinski definition) is 6. The van der Waals surface area contributed by atoms with Crippen LogP contribution in [0.1, 0.15) is 22.9 Å². The summed E-state index contributed by atoms with van der Waals surface area (Å²) < 4.78 is 7.50. The number of aromatic nitrogens is 3. The van der Waals surface area contributed by atoms with Crippen LogP contribution in [0.2, 0.25) is 0 Å².